The van der Waals surface area contributed by atoms with Crippen molar-refractivity contribution < 1.29 is 14.3 Å². The van der Waals surface area contributed by atoms with E-state index in [1.54, 1.807) is 23.9 Å². The lowest BCUT2D eigenvalue weighted by Crippen LogP contribution is -2.18. The second-order valence-electron chi connectivity index (χ2n) is 6.39. The van der Waals surface area contributed by atoms with E-state index in [0.29, 0.717) is 11.4 Å². The topological polar surface area (TPSA) is 65.3 Å². The van der Waals surface area contributed by atoms with Crippen LogP contribution in [0.5, 0.6) is 0 Å². The van der Waals surface area contributed by atoms with Crippen molar-refractivity contribution in [3.8, 4) is 0 Å². The standard InChI is InChI=1S/C21H19N3O3/c1-23-12-14(11-19(23)21(26)27-2)22-20(25)13-24-17-9-5-3-7-15(17)16-8-4-6-10-18(16)24/h3-12H,13H2,1-2H3,(H,22,25). The molecule has 6 nitrogen and oxygen atoms in total. The smallest absolute Gasteiger partial charge is 0.354 e. The summed E-state index contributed by atoms with van der Waals surface area (Å²) < 4.78 is 8.37. The number of benzene rings is 2. The Hall–Kier alpha value is -3.54. The van der Waals surface area contributed by atoms with E-state index in [-0.39, 0.29) is 12.5 Å². The molecule has 2 aromatic heterocycles. The minimum Gasteiger partial charge on any atom is -0.464 e. The third kappa shape index (κ3) is 2.95. The Balaban J connectivity index is 1.64. The van der Waals surface area contributed by atoms with Crippen molar-refractivity contribution in [1.82, 2.24) is 9.13 Å². The maximum Gasteiger partial charge on any atom is 0.354 e. The molecule has 4 rings (SSSR count). The summed E-state index contributed by atoms with van der Waals surface area (Å²) >= 11 is 0. The molecule has 0 fully saturated rings. The molecule has 0 spiro atoms. The molecular formula is C21H19N3O3. The number of nitrogens with zero attached hydrogens (tertiary/aromatic N) is 2. The number of aryl methyl sites for hydroxylation is 1. The van der Waals surface area contributed by atoms with E-state index in [2.05, 4.69) is 17.4 Å². The first-order valence-corrected chi connectivity index (χ1v) is 8.59. The lowest BCUT2D eigenvalue weighted by atomic mass is 10.2. The van der Waals surface area contributed by atoms with Crippen LogP contribution in [-0.2, 0) is 23.1 Å². The van der Waals surface area contributed by atoms with Gasteiger partial charge in [0.15, 0.2) is 0 Å². The number of para-hydroxylation sites is 2. The summed E-state index contributed by atoms with van der Waals surface area (Å²) in [5.74, 6) is -0.607. The molecule has 0 saturated heterocycles. The van der Waals surface area contributed by atoms with Gasteiger partial charge in [0.1, 0.15) is 12.2 Å². The maximum absolute atomic E-state index is 12.7. The minimum absolute atomic E-state index is 0.163. The Labute approximate surface area is 156 Å². The predicted molar refractivity (Wildman–Crippen MR) is 105 cm³/mol. The highest BCUT2D eigenvalue weighted by Gasteiger charge is 2.15. The van der Waals surface area contributed by atoms with Crippen LogP contribution in [0.25, 0.3) is 21.8 Å². The fourth-order valence-corrected chi connectivity index (χ4v) is 3.46. The highest BCUT2D eigenvalue weighted by Crippen LogP contribution is 2.28. The summed E-state index contributed by atoms with van der Waals surface area (Å²) in [6, 6.07) is 17.7. The van der Waals surface area contributed by atoms with Gasteiger partial charge < -0.3 is 19.2 Å². The van der Waals surface area contributed by atoms with Crippen LogP contribution in [0.15, 0.2) is 60.8 Å². The molecule has 2 heterocycles. The van der Waals surface area contributed by atoms with Crippen LogP contribution < -0.4 is 5.32 Å². The highest BCUT2D eigenvalue weighted by atomic mass is 16.5. The molecule has 0 aliphatic carbocycles. The van der Waals surface area contributed by atoms with Crippen LogP contribution in [0.4, 0.5) is 5.69 Å². The van der Waals surface area contributed by atoms with E-state index in [0.717, 1.165) is 21.8 Å². The lowest BCUT2D eigenvalue weighted by Gasteiger charge is -2.07. The van der Waals surface area contributed by atoms with Crippen molar-refractivity contribution in [1.29, 1.82) is 0 Å². The van der Waals surface area contributed by atoms with Crippen molar-refractivity contribution in [2.45, 2.75) is 6.54 Å². The van der Waals surface area contributed by atoms with Crippen LogP contribution >= 0.6 is 0 Å². The fraction of sp³-hybridized carbons (Fsp3) is 0.143. The third-order valence-electron chi connectivity index (χ3n) is 4.66. The van der Waals surface area contributed by atoms with Crippen molar-refractivity contribution in [2.24, 2.45) is 7.05 Å². The Kier molecular flexibility index (Phi) is 4.16. The number of rotatable bonds is 4. The number of fused-ring (bicyclic) bond motifs is 3. The van der Waals surface area contributed by atoms with Gasteiger partial charge in [-0.1, -0.05) is 36.4 Å². The molecule has 0 radical (unpaired) electrons. The van der Waals surface area contributed by atoms with E-state index in [1.165, 1.54) is 7.11 Å². The number of amides is 1. The Morgan fingerprint density at radius 2 is 1.59 bits per heavy atom. The minimum atomic E-state index is -0.444. The zero-order valence-electron chi connectivity index (χ0n) is 15.1. The van der Waals surface area contributed by atoms with Gasteiger partial charge in [-0.05, 0) is 18.2 Å². The van der Waals surface area contributed by atoms with Gasteiger partial charge in [0.25, 0.3) is 0 Å². The molecule has 4 aromatic rings. The molecule has 136 valence electrons. The average Bonchev–Trinajstić information content (AvgIpc) is 3.20. The fourth-order valence-electron chi connectivity index (χ4n) is 3.46. The maximum atomic E-state index is 12.7. The molecule has 2 aromatic carbocycles. The van der Waals surface area contributed by atoms with E-state index in [1.807, 2.05) is 41.0 Å². The number of nitrogens with one attached hydrogen (secondary N) is 1. The van der Waals surface area contributed by atoms with Crippen LogP contribution in [0.2, 0.25) is 0 Å². The zero-order valence-corrected chi connectivity index (χ0v) is 15.1. The quantitative estimate of drug-likeness (QED) is 0.565. The first-order chi connectivity index (χ1) is 13.1. The number of carbonyl (C=O) groups is 2. The van der Waals surface area contributed by atoms with Crippen LogP contribution in [0.1, 0.15) is 10.5 Å². The second-order valence-corrected chi connectivity index (χ2v) is 6.39. The van der Waals surface area contributed by atoms with Gasteiger partial charge in [-0.25, -0.2) is 4.79 Å². The van der Waals surface area contributed by atoms with Gasteiger partial charge in [0.2, 0.25) is 5.91 Å². The van der Waals surface area contributed by atoms with E-state index < -0.39 is 5.97 Å². The molecular weight excluding hydrogens is 342 g/mol. The number of aromatic nitrogens is 2. The number of ether oxygens (including phenoxy) is 1. The first-order valence-electron chi connectivity index (χ1n) is 8.59. The van der Waals surface area contributed by atoms with Gasteiger partial charge in [0.05, 0.1) is 12.8 Å². The van der Waals surface area contributed by atoms with Crippen molar-refractivity contribution >= 4 is 39.4 Å². The molecule has 0 atom stereocenters. The average molecular weight is 361 g/mol. The van der Waals surface area contributed by atoms with E-state index in [4.69, 9.17) is 4.74 Å². The van der Waals surface area contributed by atoms with Gasteiger partial charge in [-0.2, -0.15) is 0 Å². The van der Waals surface area contributed by atoms with Crippen molar-refractivity contribution in [2.75, 3.05) is 12.4 Å². The van der Waals surface area contributed by atoms with Gasteiger partial charge >= 0.3 is 5.97 Å². The van der Waals surface area contributed by atoms with Gasteiger partial charge in [-0.3, -0.25) is 4.79 Å². The summed E-state index contributed by atoms with van der Waals surface area (Å²) in [6.45, 7) is 0.177. The lowest BCUT2D eigenvalue weighted by molar-refractivity contribution is -0.116. The number of carbonyl (C=O) groups excluding carboxylic acids is 2. The Morgan fingerprint density at radius 3 is 2.19 bits per heavy atom. The second kappa shape index (κ2) is 6.64. The molecule has 0 bridgehead atoms. The Bertz CT molecular complexity index is 1120. The molecule has 27 heavy (non-hydrogen) atoms. The third-order valence-corrected chi connectivity index (χ3v) is 4.66. The molecule has 0 saturated carbocycles. The highest BCUT2D eigenvalue weighted by molar-refractivity contribution is 6.09. The zero-order chi connectivity index (χ0) is 19.0. The number of methoxy groups -OCH3 is 1. The number of esters is 1. The summed E-state index contributed by atoms with van der Waals surface area (Å²) in [5.41, 5.74) is 2.96. The molecule has 0 aliphatic heterocycles. The molecule has 6 heteroatoms. The predicted octanol–water partition coefficient (Wildman–Crippen LogP) is 3.56. The van der Waals surface area contributed by atoms with E-state index in [9.17, 15) is 9.59 Å². The number of anilines is 1. The SMILES string of the molecule is COC(=O)c1cc(NC(=O)Cn2c3ccccc3c3ccccc32)cn1C. The molecule has 1 amide bonds. The van der Waals surface area contributed by atoms with Crippen LogP contribution in [-0.4, -0.2) is 28.1 Å². The van der Waals surface area contributed by atoms with Gasteiger partial charge in [-0.15, -0.1) is 0 Å². The summed E-state index contributed by atoms with van der Waals surface area (Å²) in [7, 11) is 3.06. The van der Waals surface area contributed by atoms with E-state index >= 15 is 0 Å². The van der Waals surface area contributed by atoms with Crippen LogP contribution in [0, 0.1) is 0 Å². The monoisotopic (exact) mass is 361 g/mol. The summed E-state index contributed by atoms with van der Waals surface area (Å²) in [6.07, 6.45) is 1.69. The van der Waals surface area contributed by atoms with Gasteiger partial charge in [0, 0.05) is 35.1 Å². The summed E-state index contributed by atoms with van der Waals surface area (Å²) in [5, 5.41) is 5.10. The molecule has 1 N–H and O–H groups in total. The number of hydrogen-bond acceptors (Lipinski definition) is 3. The first kappa shape index (κ1) is 16.9. The summed E-state index contributed by atoms with van der Waals surface area (Å²) in [4.78, 5) is 24.4. The van der Waals surface area contributed by atoms with Crippen molar-refractivity contribution in [3.63, 3.8) is 0 Å². The Morgan fingerprint density at radius 1 is 1.00 bits per heavy atom. The number of hydrogen-bond donors (Lipinski definition) is 1. The van der Waals surface area contributed by atoms with Crippen LogP contribution in [0.3, 0.4) is 0 Å². The molecule has 0 unspecified atom stereocenters. The molecule has 0 aliphatic rings. The normalized spacial score (nSPS) is 11.0. The van der Waals surface area contributed by atoms with Crippen molar-refractivity contribution in [3.05, 3.63) is 66.5 Å². The largest absolute Gasteiger partial charge is 0.464 e.